The monoisotopic (exact) mass is 206 g/mol. The summed E-state index contributed by atoms with van der Waals surface area (Å²) in [6.07, 6.45) is 4.95. The average molecular weight is 206 g/mol. The highest BCUT2D eigenvalue weighted by Crippen LogP contribution is 2.34. The summed E-state index contributed by atoms with van der Waals surface area (Å²) in [6.45, 7) is 0. The molecule has 1 aliphatic carbocycles. The first-order chi connectivity index (χ1) is 7.06. The number of hydrogen-bond donors (Lipinski definition) is 0. The van der Waals surface area contributed by atoms with Gasteiger partial charge in [0.2, 0.25) is 5.78 Å². The molecule has 2 rings (SSSR count). The maximum atomic E-state index is 13.1. The molecular weight excluding hydrogens is 198 g/mol. The van der Waals surface area contributed by atoms with Gasteiger partial charge in [-0.05, 0) is 18.1 Å². The summed E-state index contributed by atoms with van der Waals surface area (Å²) < 4.78 is 26.2. The molecule has 15 heavy (non-hydrogen) atoms. The number of Topliss-reactive ketones (excluding diaryl/α,β-unsaturated/α-hetero) is 1. The molecule has 0 heterocycles. The SMILES string of the molecule is C#Cc1cccc2c1CCC(F)(F)C2=O. The van der Waals surface area contributed by atoms with E-state index in [9.17, 15) is 13.6 Å². The first-order valence-corrected chi connectivity index (χ1v) is 4.57. The van der Waals surface area contributed by atoms with Crippen LogP contribution in [0.4, 0.5) is 8.78 Å². The molecule has 3 heteroatoms. The van der Waals surface area contributed by atoms with Crippen molar-refractivity contribution in [3.05, 3.63) is 34.9 Å². The molecule has 1 aromatic carbocycles. The lowest BCUT2D eigenvalue weighted by Crippen LogP contribution is -2.34. The van der Waals surface area contributed by atoms with Crippen molar-refractivity contribution >= 4 is 5.78 Å². The maximum Gasteiger partial charge on any atom is 0.310 e. The van der Waals surface area contributed by atoms with Crippen LogP contribution < -0.4 is 0 Å². The van der Waals surface area contributed by atoms with Crippen LogP contribution >= 0.6 is 0 Å². The average Bonchev–Trinajstić information content (AvgIpc) is 2.23. The molecule has 0 radical (unpaired) electrons. The predicted molar refractivity (Wildman–Crippen MR) is 52.0 cm³/mol. The summed E-state index contributed by atoms with van der Waals surface area (Å²) in [5.41, 5.74) is 1.19. The Kier molecular flexibility index (Phi) is 2.08. The van der Waals surface area contributed by atoms with Gasteiger partial charge < -0.3 is 0 Å². The minimum absolute atomic E-state index is 0.0710. The summed E-state index contributed by atoms with van der Waals surface area (Å²) in [6, 6.07) is 4.61. The largest absolute Gasteiger partial charge is 0.310 e. The van der Waals surface area contributed by atoms with Crippen molar-refractivity contribution in [2.45, 2.75) is 18.8 Å². The Balaban J connectivity index is 2.61. The van der Waals surface area contributed by atoms with Crippen LogP contribution in [0.25, 0.3) is 0 Å². The third-order valence-corrected chi connectivity index (χ3v) is 2.60. The van der Waals surface area contributed by atoms with Crippen LogP contribution in [0.2, 0.25) is 0 Å². The minimum atomic E-state index is -3.24. The number of ketones is 1. The van der Waals surface area contributed by atoms with Crippen molar-refractivity contribution in [2.75, 3.05) is 0 Å². The molecule has 0 saturated heterocycles. The standard InChI is InChI=1S/C12H8F2O/c1-2-8-4-3-5-10-9(8)6-7-12(13,14)11(10)15/h1,3-5H,6-7H2. The summed E-state index contributed by atoms with van der Waals surface area (Å²) >= 11 is 0. The zero-order valence-corrected chi connectivity index (χ0v) is 7.89. The van der Waals surface area contributed by atoms with E-state index in [-0.39, 0.29) is 12.0 Å². The third-order valence-electron chi connectivity index (χ3n) is 2.60. The number of terminal acetylenes is 1. The van der Waals surface area contributed by atoms with E-state index in [0.717, 1.165) is 0 Å². The topological polar surface area (TPSA) is 17.1 Å². The predicted octanol–water partition coefficient (Wildman–Crippen LogP) is 2.43. The van der Waals surface area contributed by atoms with Crippen molar-refractivity contribution in [3.63, 3.8) is 0 Å². The highest BCUT2D eigenvalue weighted by Gasteiger charge is 2.43. The first kappa shape index (κ1) is 9.85. The molecule has 0 aromatic heterocycles. The molecule has 0 fully saturated rings. The molecule has 0 aliphatic heterocycles. The fraction of sp³-hybridized carbons (Fsp3) is 0.250. The molecule has 1 aromatic rings. The van der Waals surface area contributed by atoms with Crippen molar-refractivity contribution < 1.29 is 13.6 Å². The van der Waals surface area contributed by atoms with Crippen molar-refractivity contribution in [1.82, 2.24) is 0 Å². The number of halogens is 2. The van der Waals surface area contributed by atoms with Gasteiger partial charge in [0.15, 0.2) is 0 Å². The van der Waals surface area contributed by atoms with E-state index in [1.165, 1.54) is 12.1 Å². The van der Waals surface area contributed by atoms with Crippen LogP contribution in [-0.2, 0) is 6.42 Å². The molecule has 0 spiro atoms. The smallest absolute Gasteiger partial charge is 0.287 e. The maximum absolute atomic E-state index is 13.1. The zero-order valence-electron chi connectivity index (χ0n) is 7.89. The molecular formula is C12H8F2O. The Bertz CT molecular complexity index is 469. The Labute approximate surface area is 86.1 Å². The van der Waals surface area contributed by atoms with Crippen LogP contribution in [0.1, 0.15) is 27.9 Å². The summed E-state index contributed by atoms with van der Waals surface area (Å²) in [5, 5.41) is 0. The van der Waals surface area contributed by atoms with Crippen LogP contribution in [0.5, 0.6) is 0 Å². The van der Waals surface area contributed by atoms with E-state index in [2.05, 4.69) is 5.92 Å². The van der Waals surface area contributed by atoms with Gasteiger partial charge in [-0.3, -0.25) is 4.79 Å². The lowest BCUT2D eigenvalue weighted by Gasteiger charge is -2.23. The normalized spacial score (nSPS) is 18.1. The Hall–Kier alpha value is -1.69. The molecule has 0 amide bonds. The second-order valence-corrected chi connectivity index (χ2v) is 3.51. The van der Waals surface area contributed by atoms with Gasteiger partial charge in [0, 0.05) is 17.5 Å². The van der Waals surface area contributed by atoms with E-state index in [0.29, 0.717) is 11.1 Å². The van der Waals surface area contributed by atoms with Gasteiger partial charge in [-0.25, -0.2) is 0 Å². The Morgan fingerprint density at radius 2 is 2.13 bits per heavy atom. The highest BCUT2D eigenvalue weighted by molar-refractivity contribution is 6.04. The second kappa shape index (κ2) is 3.16. The van der Waals surface area contributed by atoms with E-state index in [1.54, 1.807) is 6.07 Å². The van der Waals surface area contributed by atoms with E-state index in [1.807, 2.05) is 0 Å². The van der Waals surface area contributed by atoms with Crippen molar-refractivity contribution in [1.29, 1.82) is 0 Å². The Morgan fingerprint density at radius 3 is 2.80 bits per heavy atom. The Morgan fingerprint density at radius 1 is 1.40 bits per heavy atom. The quantitative estimate of drug-likeness (QED) is 0.596. The minimum Gasteiger partial charge on any atom is -0.287 e. The summed E-state index contributed by atoms with van der Waals surface area (Å²) in [4.78, 5) is 11.4. The van der Waals surface area contributed by atoms with Crippen LogP contribution in [0.15, 0.2) is 18.2 Å². The van der Waals surface area contributed by atoms with E-state index < -0.39 is 18.1 Å². The number of rotatable bonds is 0. The van der Waals surface area contributed by atoms with E-state index >= 15 is 0 Å². The molecule has 0 atom stereocenters. The van der Waals surface area contributed by atoms with Crippen LogP contribution in [-0.4, -0.2) is 11.7 Å². The molecule has 1 aliphatic rings. The highest BCUT2D eigenvalue weighted by atomic mass is 19.3. The van der Waals surface area contributed by atoms with E-state index in [4.69, 9.17) is 6.42 Å². The second-order valence-electron chi connectivity index (χ2n) is 3.51. The van der Waals surface area contributed by atoms with Gasteiger partial charge in [0.1, 0.15) is 0 Å². The number of hydrogen-bond acceptors (Lipinski definition) is 1. The number of fused-ring (bicyclic) bond motifs is 1. The van der Waals surface area contributed by atoms with Gasteiger partial charge in [-0.1, -0.05) is 18.1 Å². The molecule has 76 valence electrons. The first-order valence-electron chi connectivity index (χ1n) is 4.57. The van der Waals surface area contributed by atoms with Crippen LogP contribution in [0, 0.1) is 12.3 Å². The summed E-state index contributed by atoms with van der Waals surface area (Å²) in [5.74, 6) is -1.94. The van der Waals surface area contributed by atoms with Crippen LogP contribution in [0.3, 0.4) is 0 Å². The fourth-order valence-electron chi connectivity index (χ4n) is 1.80. The third kappa shape index (κ3) is 1.42. The lowest BCUT2D eigenvalue weighted by atomic mass is 9.85. The van der Waals surface area contributed by atoms with Crippen molar-refractivity contribution in [3.8, 4) is 12.3 Å². The number of carbonyl (C=O) groups is 1. The van der Waals surface area contributed by atoms with Gasteiger partial charge in [-0.15, -0.1) is 6.42 Å². The molecule has 0 bridgehead atoms. The van der Waals surface area contributed by atoms with Gasteiger partial charge in [0.05, 0.1) is 0 Å². The van der Waals surface area contributed by atoms with Gasteiger partial charge in [-0.2, -0.15) is 8.78 Å². The molecule has 0 saturated carbocycles. The zero-order chi connectivity index (χ0) is 11.1. The fourth-order valence-corrected chi connectivity index (χ4v) is 1.80. The van der Waals surface area contributed by atoms with Gasteiger partial charge >= 0.3 is 5.92 Å². The molecule has 0 N–H and O–H groups in total. The van der Waals surface area contributed by atoms with Gasteiger partial charge in [0.25, 0.3) is 0 Å². The molecule has 1 nitrogen and oxygen atoms in total. The summed E-state index contributed by atoms with van der Waals surface area (Å²) in [7, 11) is 0. The van der Waals surface area contributed by atoms with Crippen molar-refractivity contribution in [2.24, 2.45) is 0 Å². The number of benzene rings is 1. The lowest BCUT2D eigenvalue weighted by molar-refractivity contribution is 0.00201. The number of carbonyl (C=O) groups excluding carboxylic acids is 1. The molecule has 0 unspecified atom stereocenters. The number of alkyl halides is 2.